The highest BCUT2D eigenvalue weighted by atomic mass is 16.5. The molecule has 3 rings (SSSR count). The predicted octanol–water partition coefficient (Wildman–Crippen LogP) is 3.47. The van der Waals surface area contributed by atoms with Gasteiger partial charge in [0.1, 0.15) is 5.75 Å². The maximum absolute atomic E-state index is 5.15. The highest BCUT2D eigenvalue weighted by Crippen LogP contribution is 2.20. The highest BCUT2D eigenvalue weighted by molar-refractivity contribution is 5.63. The van der Waals surface area contributed by atoms with Gasteiger partial charge < -0.3 is 10.1 Å². The van der Waals surface area contributed by atoms with Crippen LogP contribution < -0.4 is 10.1 Å². The maximum atomic E-state index is 5.15. The SMILES string of the molecule is COc1ccc(CNc2nncc(-c3ccccc3C)n2)cc1. The molecule has 0 aliphatic heterocycles. The number of anilines is 1. The molecule has 116 valence electrons. The van der Waals surface area contributed by atoms with Gasteiger partial charge in [-0.05, 0) is 30.2 Å². The summed E-state index contributed by atoms with van der Waals surface area (Å²) in [7, 11) is 1.66. The molecule has 5 nitrogen and oxygen atoms in total. The van der Waals surface area contributed by atoms with Gasteiger partial charge in [-0.1, -0.05) is 36.4 Å². The van der Waals surface area contributed by atoms with Crippen molar-refractivity contribution >= 4 is 5.95 Å². The van der Waals surface area contributed by atoms with Crippen molar-refractivity contribution in [1.82, 2.24) is 15.2 Å². The number of benzene rings is 2. The van der Waals surface area contributed by atoms with E-state index in [1.807, 2.05) is 42.5 Å². The zero-order valence-electron chi connectivity index (χ0n) is 13.2. The Kier molecular flexibility index (Phi) is 4.47. The summed E-state index contributed by atoms with van der Waals surface area (Å²) in [5.41, 5.74) is 4.16. The summed E-state index contributed by atoms with van der Waals surface area (Å²) in [6.45, 7) is 2.69. The van der Waals surface area contributed by atoms with Gasteiger partial charge in [-0.2, -0.15) is 5.10 Å². The Labute approximate surface area is 135 Å². The largest absolute Gasteiger partial charge is 0.497 e. The number of methoxy groups -OCH3 is 1. The van der Waals surface area contributed by atoms with E-state index in [1.54, 1.807) is 13.3 Å². The Morgan fingerprint density at radius 1 is 1.04 bits per heavy atom. The van der Waals surface area contributed by atoms with Crippen LogP contribution in [0.3, 0.4) is 0 Å². The summed E-state index contributed by atoms with van der Waals surface area (Å²) >= 11 is 0. The molecule has 0 fully saturated rings. The molecule has 0 atom stereocenters. The Morgan fingerprint density at radius 3 is 2.57 bits per heavy atom. The molecule has 0 saturated heterocycles. The summed E-state index contributed by atoms with van der Waals surface area (Å²) in [5.74, 6) is 1.36. The van der Waals surface area contributed by atoms with Gasteiger partial charge >= 0.3 is 0 Å². The van der Waals surface area contributed by atoms with Gasteiger partial charge in [0.25, 0.3) is 0 Å². The van der Waals surface area contributed by atoms with Gasteiger partial charge in [-0.15, -0.1) is 5.10 Å². The summed E-state index contributed by atoms with van der Waals surface area (Å²) in [6, 6.07) is 16.0. The second kappa shape index (κ2) is 6.87. The maximum Gasteiger partial charge on any atom is 0.243 e. The van der Waals surface area contributed by atoms with E-state index in [0.29, 0.717) is 12.5 Å². The average Bonchev–Trinajstić information content (AvgIpc) is 2.61. The molecule has 0 spiro atoms. The quantitative estimate of drug-likeness (QED) is 0.782. The minimum atomic E-state index is 0.515. The molecular formula is C18H18N4O. The standard InChI is InChI=1S/C18H18N4O/c1-13-5-3-4-6-16(13)17-12-20-22-18(21-17)19-11-14-7-9-15(23-2)10-8-14/h3-10,12H,11H2,1-2H3,(H,19,21,22). The molecule has 0 saturated carbocycles. The molecule has 5 heteroatoms. The third-order valence-electron chi connectivity index (χ3n) is 3.59. The van der Waals surface area contributed by atoms with Crippen LogP contribution >= 0.6 is 0 Å². The van der Waals surface area contributed by atoms with Crippen molar-refractivity contribution in [3.63, 3.8) is 0 Å². The summed E-state index contributed by atoms with van der Waals surface area (Å²) in [5, 5.41) is 11.3. The van der Waals surface area contributed by atoms with Gasteiger partial charge in [0.05, 0.1) is 19.0 Å². The molecule has 1 heterocycles. The molecule has 3 aromatic rings. The lowest BCUT2D eigenvalue weighted by Crippen LogP contribution is -2.05. The van der Waals surface area contributed by atoms with Crippen LogP contribution in [0.1, 0.15) is 11.1 Å². The van der Waals surface area contributed by atoms with Gasteiger partial charge in [-0.25, -0.2) is 4.98 Å². The monoisotopic (exact) mass is 306 g/mol. The molecule has 0 unspecified atom stereocenters. The summed E-state index contributed by atoms with van der Waals surface area (Å²) in [4.78, 5) is 4.54. The first kappa shape index (κ1) is 15.0. The van der Waals surface area contributed by atoms with Crippen molar-refractivity contribution in [2.45, 2.75) is 13.5 Å². The van der Waals surface area contributed by atoms with E-state index in [0.717, 1.165) is 28.1 Å². The molecule has 1 aromatic heterocycles. The van der Waals surface area contributed by atoms with Crippen molar-refractivity contribution in [2.75, 3.05) is 12.4 Å². The molecule has 0 bridgehead atoms. The van der Waals surface area contributed by atoms with Crippen molar-refractivity contribution in [2.24, 2.45) is 0 Å². The van der Waals surface area contributed by atoms with Crippen LogP contribution in [0.2, 0.25) is 0 Å². The first-order valence-corrected chi connectivity index (χ1v) is 7.39. The van der Waals surface area contributed by atoms with Crippen LogP contribution in [0.4, 0.5) is 5.95 Å². The fraction of sp³-hybridized carbons (Fsp3) is 0.167. The van der Waals surface area contributed by atoms with Gasteiger partial charge in [0.15, 0.2) is 0 Å². The van der Waals surface area contributed by atoms with Crippen molar-refractivity contribution in [3.05, 3.63) is 65.9 Å². The van der Waals surface area contributed by atoms with Crippen molar-refractivity contribution in [1.29, 1.82) is 0 Å². The number of aromatic nitrogens is 3. The third-order valence-corrected chi connectivity index (χ3v) is 3.59. The van der Waals surface area contributed by atoms with Crippen LogP contribution in [-0.2, 0) is 6.54 Å². The molecule has 0 radical (unpaired) electrons. The third kappa shape index (κ3) is 3.63. The highest BCUT2D eigenvalue weighted by Gasteiger charge is 2.05. The van der Waals surface area contributed by atoms with Gasteiger partial charge in [0, 0.05) is 12.1 Å². The molecular weight excluding hydrogens is 288 g/mol. The Balaban J connectivity index is 1.74. The van der Waals surface area contributed by atoms with E-state index >= 15 is 0 Å². The smallest absolute Gasteiger partial charge is 0.243 e. The lowest BCUT2D eigenvalue weighted by Gasteiger charge is -2.08. The number of ether oxygens (including phenoxy) is 1. The van der Waals surface area contributed by atoms with Crippen LogP contribution in [0.25, 0.3) is 11.3 Å². The van der Waals surface area contributed by atoms with Crippen molar-refractivity contribution in [3.8, 4) is 17.0 Å². The topological polar surface area (TPSA) is 59.9 Å². The normalized spacial score (nSPS) is 10.3. The van der Waals surface area contributed by atoms with Crippen LogP contribution in [0.15, 0.2) is 54.7 Å². The number of hydrogen-bond acceptors (Lipinski definition) is 5. The van der Waals surface area contributed by atoms with E-state index in [4.69, 9.17) is 4.74 Å². The zero-order chi connectivity index (χ0) is 16.1. The molecule has 2 aromatic carbocycles. The number of nitrogens with zero attached hydrogens (tertiary/aromatic N) is 3. The number of nitrogens with one attached hydrogen (secondary N) is 1. The van der Waals surface area contributed by atoms with Gasteiger partial charge in [0.2, 0.25) is 5.95 Å². The number of rotatable bonds is 5. The number of hydrogen-bond donors (Lipinski definition) is 1. The Morgan fingerprint density at radius 2 is 1.83 bits per heavy atom. The Bertz CT molecular complexity index is 787. The second-order valence-corrected chi connectivity index (χ2v) is 5.18. The molecule has 0 aliphatic carbocycles. The minimum Gasteiger partial charge on any atom is -0.497 e. The minimum absolute atomic E-state index is 0.515. The molecule has 0 amide bonds. The first-order chi connectivity index (χ1) is 11.3. The van der Waals surface area contributed by atoms with Crippen LogP contribution in [0.5, 0.6) is 5.75 Å². The van der Waals surface area contributed by atoms with E-state index < -0.39 is 0 Å². The fourth-order valence-corrected chi connectivity index (χ4v) is 2.29. The van der Waals surface area contributed by atoms with E-state index in [9.17, 15) is 0 Å². The summed E-state index contributed by atoms with van der Waals surface area (Å²) in [6.07, 6.45) is 1.68. The van der Waals surface area contributed by atoms with Crippen LogP contribution in [-0.4, -0.2) is 22.3 Å². The van der Waals surface area contributed by atoms with Gasteiger partial charge in [-0.3, -0.25) is 0 Å². The second-order valence-electron chi connectivity index (χ2n) is 5.18. The first-order valence-electron chi connectivity index (χ1n) is 7.39. The van der Waals surface area contributed by atoms with E-state index in [-0.39, 0.29) is 0 Å². The zero-order valence-corrected chi connectivity index (χ0v) is 13.2. The Hall–Kier alpha value is -2.95. The predicted molar refractivity (Wildman–Crippen MR) is 90.3 cm³/mol. The van der Waals surface area contributed by atoms with Crippen LogP contribution in [0, 0.1) is 6.92 Å². The molecule has 23 heavy (non-hydrogen) atoms. The summed E-state index contributed by atoms with van der Waals surface area (Å²) < 4.78 is 5.15. The number of aryl methyl sites for hydroxylation is 1. The average molecular weight is 306 g/mol. The lowest BCUT2D eigenvalue weighted by molar-refractivity contribution is 0.414. The molecule has 0 aliphatic rings. The van der Waals surface area contributed by atoms with E-state index in [2.05, 4.69) is 33.5 Å². The molecule has 1 N–H and O–H groups in total. The van der Waals surface area contributed by atoms with E-state index in [1.165, 1.54) is 0 Å². The van der Waals surface area contributed by atoms with Crippen molar-refractivity contribution < 1.29 is 4.74 Å². The lowest BCUT2D eigenvalue weighted by atomic mass is 10.1. The fourth-order valence-electron chi connectivity index (χ4n) is 2.29.